The van der Waals surface area contributed by atoms with Crippen LogP contribution in [0.15, 0.2) is 22.7 Å². The second kappa shape index (κ2) is 7.29. The van der Waals surface area contributed by atoms with E-state index in [4.69, 9.17) is 21.9 Å². The number of benzene rings is 1. The molecule has 0 aliphatic carbocycles. The predicted octanol–water partition coefficient (Wildman–Crippen LogP) is 3.33. The summed E-state index contributed by atoms with van der Waals surface area (Å²) in [5.74, 6) is -0.734. The fourth-order valence-corrected chi connectivity index (χ4v) is 2.18. The van der Waals surface area contributed by atoms with Crippen molar-refractivity contribution in [1.29, 1.82) is 0 Å². The van der Waals surface area contributed by atoms with Crippen LogP contribution in [0.3, 0.4) is 0 Å². The van der Waals surface area contributed by atoms with Crippen LogP contribution in [0, 0.1) is 12.7 Å². The lowest BCUT2D eigenvalue weighted by Crippen LogP contribution is -2.45. The molecular formula is C15H18Cl2FN3O2. The van der Waals surface area contributed by atoms with Crippen LogP contribution in [0.1, 0.15) is 30.0 Å². The van der Waals surface area contributed by atoms with E-state index in [-0.39, 0.29) is 46.6 Å². The summed E-state index contributed by atoms with van der Waals surface area (Å²) in [5, 5.41) is 6.62. The molecule has 0 unspecified atom stereocenters. The van der Waals surface area contributed by atoms with E-state index in [1.165, 1.54) is 18.2 Å². The van der Waals surface area contributed by atoms with E-state index in [1.54, 1.807) is 20.8 Å². The van der Waals surface area contributed by atoms with Crippen LogP contribution < -0.4 is 11.1 Å². The predicted molar refractivity (Wildman–Crippen MR) is 89.5 cm³/mol. The third-order valence-electron chi connectivity index (χ3n) is 2.99. The van der Waals surface area contributed by atoms with E-state index in [0.29, 0.717) is 0 Å². The molecule has 1 amide bonds. The third kappa shape index (κ3) is 4.43. The fraction of sp³-hybridized carbons (Fsp3) is 0.333. The minimum atomic E-state index is -0.575. The molecule has 1 heterocycles. The quantitative estimate of drug-likeness (QED) is 0.874. The van der Waals surface area contributed by atoms with Gasteiger partial charge in [-0.15, -0.1) is 12.4 Å². The van der Waals surface area contributed by atoms with Crippen molar-refractivity contribution in [1.82, 2.24) is 10.5 Å². The van der Waals surface area contributed by atoms with Gasteiger partial charge in [-0.2, -0.15) is 0 Å². The highest BCUT2D eigenvalue weighted by atomic mass is 35.5. The van der Waals surface area contributed by atoms with Gasteiger partial charge in [-0.05, 0) is 32.9 Å². The Morgan fingerprint density at radius 1 is 1.48 bits per heavy atom. The fourth-order valence-electron chi connectivity index (χ4n) is 1.93. The largest absolute Gasteiger partial charge is 0.360 e. The number of hydrogen-bond acceptors (Lipinski definition) is 4. The molecule has 23 heavy (non-hydrogen) atoms. The van der Waals surface area contributed by atoms with Crippen LogP contribution in [0.4, 0.5) is 4.39 Å². The molecule has 0 fully saturated rings. The molecule has 1 aromatic heterocycles. The van der Waals surface area contributed by atoms with E-state index < -0.39 is 17.3 Å². The lowest BCUT2D eigenvalue weighted by atomic mass is 10.0. The van der Waals surface area contributed by atoms with E-state index in [2.05, 4.69) is 10.5 Å². The van der Waals surface area contributed by atoms with E-state index in [1.807, 2.05) is 0 Å². The Morgan fingerprint density at radius 3 is 2.70 bits per heavy atom. The lowest BCUT2D eigenvalue weighted by Gasteiger charge is -2.18. The van der Waals surface area contributed by atoms with Gasteiger partial charge >= 0.3 is 0 Å². The number of nitrogens with two attached hydrogens (primary N) is 1. The highest BCUT2D eigenvalue weighted by Gasteiger charge is 2.26. The van der Waals surface area contributed by atoms with Crippen LogP contribution in [0.5, 0.6) is 0 Å². The Labute approximate surface area is 144 Å². The monoisotopic (exact) mass is 361 g/mol. The molecular weight excluding hydrogens is 344 g/mol. The molecule has 2 rings (SSSR count). The Morgan fingerprint density at radius 2 is 2.13 bits per heavy atom. The number of carbonyl (C=O) groups is 1. The third-order valence-corrected chi connectivity index (χ3v) is 3.31. The van der Waals surface area contributed by atoms with Gasteiger partial charge in [0.2, 0.25) is 0 Å². The van der Waals surface area contributed by atoms with Crippen molar-refractivity contribution in [2.75, 3.05) is 6.54 Å². The van der Waals surface area contributed by atoms with E-state index >= 15 is 0 Å². The highest BCUT2D eigenvalue weighted by molar-refractivity contribution is 6.33. The summed E-state index contributed by atoms with van der Waals surface area (Å²) in [7, 11) is 0. The van der Waals surface area contributed by atoms with Crippen molar-refractivity contribution in [2.45, 2.75) is 26.3 Å². The van der Waals surface area contributed by atoms with Crippen LogP contribution in [0.2, 0.25) is 5.02 Å². The van der Waals surface area contributed by atoms with Crippen molar-refractivity contribution in [3.63, 3.8) is 0 Å². The van der Waals surface area contributed by atoms with Gasteiger partial charge in [0, 0.05) is 12.1 Å². The summed E-state index contributed by atoms with van der Waals surface area (Å²) < 4.78 is 19.1. The van der Waals surface area contributed by atoms with Gasteiger partial charge in [-0.1, -0.05) is 22.8 Å². The molecule has 8 heteroatoms. The van der Waals surface area contributed by atoms with Crippen LogP contribution in [-0.4, -0.2) is 23.1 Å². The second-order valence-electron chi connectivity index (χ2n) is 5.73. The molecule has 2 aromatic rings. The van der Waals surface area contributed by atoms with Gasteiger partial charge in [0.05, 0.1) is 10.6 Å². The number of aryl methyl sites for hydroxylation is 1. The van der Waals surface area contributed by atoms with Crippen LogP contribution in [-0.2, 0) is 0 Å². The van der Waals surface area contributed by atoms with Crippen molar-refractivity contribution in [3.8, 4) is 11.3 Å². The SMILES string of the molecule is Cc1onc(-c2c(F)cccc2Cl)c1C(=O)NCC(C)(C)N.Cl. The zero-order valence-electron chi connectivity index (χ0n) is 12.9. The minimum absolute atomic E-state index is 0. The van der Waals surface area contributed by atoms with Crippen molar-refractivity contribution in [2.24, 2.45) is 5.73 Å². The first-order valence-electron chi connectivity index (χ1n) is 6.68. The maximum atomic E-state index is 14.0. The number of halogens is 3. The van der Waals surface area contributed by atoms with Gasteiger partial charge in [0.15, 0.2) is 0 Å². The second-order valence-corrected chi connectivity index (χ2v) is 6.14. The molecule has 0 aliphatic rings. The first-order chi connectivity index (χ1) is 10.2. The highest BCUT2D eigenvalue weighted by Crippen LogP contribution is 2.33. The summed E-state index contributed by atoms with van der Waals surface area (Å²) >= 11 is 6.03. The molecule has 1 aromatic carbocycles. The molecule has 126 valence electrons. The minimum Gasteiger partial charge on any atom is -0.360 e. The summed E-state index contributed by atoms with van der Waals surface area (Å²) in [4.78, 5) is 12.4. The molecule has 0 saturated heterocycles. The Balaban J connectivity index is 0.00000264. The van der Waals surface area contributed by atoms with Gasteiger partial charge < -0.3 is 15.6 Å². The smallest absolute Gasteiger partial charge is 0.257 e. The van der Waals surface area contributed by atoms with E-state index in [0.717, 1.165) is 0 Å². The molecule has 0 spiro atoms. The van der Waals surface area contributed by atoms with Crippen molar-refractivity contribution in [3.05, 3.63) is 40.4 Å². The molecule has 0 bridgehead atoms. The number of carbonyl (C=O) groups excluding carboxylic acids is 1. The van der Waals surface area contributed by atoms with Crippen LogP contribution in [0.25, 0.3) is 11.3 Å². The lowest BCUT2D eigenvalue weighted by molar-refractivity contribution is 0.0945. The zero-order chi connectivity index (χ0) is 16.5. The Hall–Kier alpha value is -1.63. The Kier molecular flexibility index (Phi) is 6.16. The average molecular weight is 362 g/mol. The average Bonchev–Trinajstić information content (AvgIpc) is 2.77. The van der Waals surface area contributed by atoms with Crippen LogP contribution >= 0.6 is 24.0 Å². The molecule has 0 radical (unpaired) electrons. The standard InChI is InChI=1S/C15H17ClFN3O2.ClH/c1-8-11(14(21)19-7-15(2,3)18)13(20-22-8)12-9(16)5-4-6-10(12)17;/h4-6H,7,18H2,1-3H3,(H,19,21);1H. The number of rotatable bonds is 4. The van der Waals surface area contributed by atoms with Crippen molar-refractivity contribution >= 4 is 29.9 Å². The number of nitrogens with zero attached hydrogens (tertiary/aromatic N) is 1. The number of aromatic nitrogens is 1. The summed E-state index contributed by atoms with van der Waals surface area (Å²) in [5.41, 5.74) is 5.53. The van der Waals surface area contributed by atoms with Gasteiger partial charge in [0.25, 0.3) is 5.91 Å². The maximum absolute atomic E-state index is 14.0. The van der Waals surface area contributed by atoms with E-state index in [9.17, 15) is 9.18 Å². The molecule has 3 N–H and O–H groups in total. The molecule has 0 atom stereocenters. The zero-order valence-corrected chi connectivity index (χ0v) is 14.5. The summed E-state index contributed by atoms with van der Waals surface area (Å²) in [6, 6.07) is 4.25. The number of hydrogen-bond donors (Lipinski definition) is 2. The van der Waals surface area contributed by atoms with Gasteiger partial charge in [0.1, 0.15) is 22.8 Å². The topological polar surface area (TPSA) is 81.2 Å². The number of amides is 1. The number of nitrogens with one attached hydrogen (secondary N) is 1. The van der Waals surface area contributed by atoms with Gasteiger partial charge in [-0.3, -0.25) is 4.79 Å². The summed E-state index contributed by atoms with van der Waals surface area (Å²) in [6.45, 7) is 5.39. The summed E-state index contributed by atoms with van der Waals surface area (Å²) in [6.07, 6.45) is 0. The normalized spacial score (nSPS) is 11.0. The Bertz CT molecular complexity index is 691. The maximum Gasteiger partial charge on any atom is 0.257 e. The molecule has 0 aliphatic heterocycles. The molecule has 5 nitrogen and oxygen atoms in total. The van der Waals surface area contributed by atoms with Crippen molar-refractivity contribution < 1.29 is 13.7 Å². The first-order valence-corrected chi connectivity index (χ1v) is 7.06. The first kappa shape index (κ1) is 19.4. The van der Waals surface area contributed by atoms with Gasteiger partial charge in [-0.25, -0.2) is 4.39 Å². The molecule has 0 saturated carbocycles.